The van der Waals surface area contributed by atoms with Crippen molar-refractivity contribution in [2.75, 3.05) is 0 Å². The van der Waals surface area contributed by atoms with Gasteiger partial charge in [0, 0.05) is 29.2 Å². The van der Waals surface area contributed by atoms with Crippen LogP contribution < -0.4 is 5.32 Å². The van der Waals surface area contributed by atoms with Gasteiger partial charge in [0.05, 0.1) is 5.56 Å². The summed E-state index contributed by atoms with van der Waals surface area (Å²) >= 11 is 1.63. The number of hydrogen-bond acceptors (Lipinski definition) is 3. The van der Waals surface area contributed by atoms with Gasteiger partial charge in [0.1, 0.15) is 0 Å². The van der Waals surface area contributed by atoms with Gasteiger partial charge in [-0.3, -0.25) is 9.78 Å². The highest BCUT2D eigenvalue weighted by Crippen LogP contribution is 2.22. The van der Waals surface area contributed by atoms with Gasteiger partial charge in [-0.25, -0.2) is 0 Å². The molecule has 0 spiro atoms. The third-order valence-electron chi connectivity index (χ3n) is 2.63. The summed E-state index contributed by atoms with van der Waals surface area (Å²) in [5.41, 5.74) is 1.75. The van der Waals surface area contributed by atoms with Crippen molar-refractivity contribution in [3.05, 3.63) is 52.0 Å². The molecule has 2 rings (SSSR count). The summed E-state index contributed by atoms with van der Waals surface area (Å²) in [6, 6.07) is 5.78. The van der Waals surface area contributed by atoms with Crippen LogP contribution in [-0.4, -0.2) is 10.9 Å². The van der Waals surface area contributed by atoms with E-state index < -0.39 is 0 Å². The molecule has 0 bridgehead atoms. The third-order valence-corrected chi connectivity index (χ3v) is 3.86. The molecule has 0 fully saturated rings. The van der Waals surface area contributed by atoms with Crippen molar-refractivity contribution in [1.82, 2.24) is 10.3 Å². The van der Waals surface area contributed by atoms with Gasteiger partial charge in [0.2, 0.25) is 0 Å². The number of rotatable bonds is 4. The Morgan fingerprint density at radius 1 is 1.50 bits per heavy atom. The van der Waals surface area contributed by atoms with Gasteiger partial charge < -0.3 is 5.32 Å². The van der Waals surface area contributed by atoms with Crippen molar-refractivity contribution in [1.29, 1.82) is 0 Å². The first kappa shape index (κ1) is 12.8. The zero-order valence-electron chi connectivity index (χ0n) is 10.5. The molecule has 3 nitrogen and oxygen atoms in total. The van der Waals surface area contributed by atoms with Crippen LogP contribution in [0.15, 0.2) is 36.0 Å². The molecule has 0 unspecified atom stereocenters. The zero-order valence-corrected chi connectivity index (χ0v) is 11.3. The first-order valence-electron chi connectivity index (χ1n) is 5.92. The van der Waals surface area contributed by atoms with Crippen molar-refractivity contribution in [2.45, 2.75) is 26.3 Å². The predicted octanol–water partition coefficient (Wildman–Crippen LogP) is 3.20. The van der Waals surface area contributed by atoms with E-state index >= 15 is 0 Å². The monoisotopic (exact) mass is 260 g/mol. The van der Waals surface area contributed by atoms with Crippen LogP contribution >= 0.6 is 11.3 Å². The van der Waals surface area contributed by atoms with Crippen LogP contribution in [0, 0.1) is 0 Å². The van der Waals surface area contributed by atoms with Crippen LogP contribution in [0.5, 0.6) is 0 Å². The van der Waals surface area contributed by atoms with E-state index in [9.17, 15) is 4.79 Å². The van der Waals surface area contributed by atoms with Crippen molar-refractivity contribution in [2.24, 2.45) is 0 Å². The van der Waals surface area contributed by atoms with Crippen molar-refractivity contribution < 1.29 is 4.79 Å². The highest BCUT2D eigenvalue weighted by molar-refractivity contribution is 7.10. The zero-order chi connectivity index (χ0) is 13.0. The molecule has 4 heteroatoms. The molecule has 2 heterocycles. The van der Waals surface area contributed by atoms with Gasteiger partial charge in [-0.05, 0) is 23.6 Å². The number of thiophene rings is 1. The maximum atomic E-state index is 11.9. The molecule has 0 radical (unpaired) electrons. The molecule has 2 aromatic heterocycles. The fourth-order valence-electron chi connectivity index (χ4n) is 1.56. The van der Waals surface area contributed by atoms with Crippen molar-refractivity contribution >= 4 is 17.2 Å². The minimum absolute atomic E-state index is 0.0259. The summed E-state index contributed by atoms with van der Waals surface area (Å²) in [5.74, 6) is 0.442. The summed E-state index contributed by atoms with van der Waals surface area (Å²) in [5, 5.41) is 4.81. The number of carbonyl (C=O) groups is 1. The van der Waals surface area contributed by atoms with E-state index in [4.69, 9.17) is 0 Å². The highest BCUT2D eigenvalue weighted by Gasteiger charge is 2.10. The molecule has 0 aliphatic heterocycles. The number of nitrogens with zero attached hydrogens (tertiary/aromatic N) is 1. The Morgan fingerprint density at radius 3 is 2.94 bits per heavy atom. The quantitative estimate of drug-likeness (QED) is 0.917. The van der Waals surface area contributed by atoms with Crippen molar-refractivity contribution in [3.8, 4) is 0 Å². The van der Waals surface area contributed by atoms with Gasteiger partial charge in [-0.2, -0.15) is 0 Å². The molecular weight excluding hydrogens is 244 g/mol. The number of nitrogens with one attached hydrogen (secondary N) is 1. The molecular formula is C14H16N2OS. The van der Waals surface area contributed by atoms with E-state index in [-0.39, 0.29) is 5.91 Å². The van der Waals surface area contributed by atoms with E-state index in [0.29, 0.717) is 12.5 Å². The van der Waals surface area contributed by atoms with E-state index in [1.807, 2.05) is 23.6 Å². The molecule has 0 atom stereocenters. The van der Waals surface area contributed by atoms with Crippen LogP contribution in [0.2, 0.25) is 0 Å². The Bertz CT molecular complexity index is 520. The average molecular weight is 260 g/mol. The Balaban J connectivity index is 1.95. The molecule has 0 saturated heterocycles. The van der Waals surface area contributed by atoms with Gasteiger partial charge >= 0.3 is 0 Å². The fourth-order valence-corrected chi connectivity index (χ4v) is 2.47. The largest absolute Gasteiger partial charge is 0.348 e. The van der Waals surface area contributed by atoms with Gasteiger partial charge in [0.15, 0.2) is 0 Å². The van der Waals surface area contributed by atoms with Crippen LogP contribution in [0.25, 0.3) is 0 Å². The van der Waals surface area contributed by atoms with Gasteiger partial charge in [0.25, 0.3) is 5.91 Å². The third kappa shape index (κ3) is 3.17. The summed E-state index contributed by atoms with van der Waals surface area (Å²) < 4.78 is 0. The Hall–Kier alpha value is -1.68. The molecule has 0 aliphatic carbocycles. The second-order valence-electron chi connectivity index (χ2n) is 4.44. The lowest BCUT2D eigenvalue weighted by Crippen LogP contribution is -2.22. The molecule has 0 aromatic carbocycles. The Kier molecular flexibility index (Phi) is 4.10. The number of hydrogen-bond donors (Lipinski definition) is 1. The van der Waals surface area contributed by atoms with E-state index in [1.54, 1.807) is 23.7 Å². The first-order valence-corrected chi connectivity index (χ1v) is 6.80. The van der Waals surface area contributed by atoms with Crippen LogP contribution in [0.1, 0.15) is 40.6 Å². The minimum Gasteiger partial charge on any atom is -0.348 e. The minimum atomic E-state index is -0.0259. The lowest BCUT2D eigenvalue weighted by Gasteiger charge is -2.03. The van der Waals surface area contributed by atoms with E-state index in [1.165, 1.54) is 4.88 Å². The van der Waals surface area contributed by atoms with Crippen LogP contribution in [0.4, 0.5) is 0 Å². The molecule has 94 valence electrons. The smallest absolute Gasteiger partial charge is 0.252 e. The van der Waals surface area contributed by atoms with Crippen LogP contribution in [-0.2, 0) is 6.54 Å². The second-order valence-corrected chi connectivity index (χ2v) is 5.38. The number of carbonyl (C=O) groups excluding carboxylic acids is 1. The molecule has 2 aromatic rings. The van der Waals surface area contributed by atoms with Gasteiger partial charge in [-0.15, -0.1) is 11.3 Å². The van der Waals surface area contributed by atoms with Crippen LogP contribution in [0.3, 0.4) is 0 Å². The summed E-state index contributed by atoms with van der Waals surface area (Å²) in [4.78, 5) is 17.2. The average Bonchev–Trinajstić information content (AvgIpc) is 2.87. The molecule has 1 amide bonds. The summed E-state index contributed by atoms with van der Waals surface area (Å²) in [6.45, 7) is 4.77. The van der Waals surface area contributed by atoms with E-state index in [2.05, 4.69) is 24.1 Å². The number of aromatic nitrogens is 1. The number of pyridine rings is 1. The Morgan fingerprint density at radius 2 is 2.33 bits per heavy atom. The van der Waals surface area contributed by atoms with E-state index in [0.717, 1.165) is 11.1 Å². The molecule has 0 saturated carbocycles. The topological polar surface area (TPSA) is 42.0 Å². The predicted molar refractivity (Wildman–Crippen MR) is 73.8 cm³/mol. The fraction of sp³-hybridized carbons (Fsp3) is 0.286. The lowest BCUT2D eigenvalue weighted by atomic mass is 10.1. The maximum absolute atomic E-state index is 11.9. The standard InChI is InChI=1S/C14H16N2OS/c1-10(2)13-6-12(9-18-13)14(17)16-8-11-4-3-5-15-7-11/h3-7,9-10H,8H2,1-2H3,(H,16,17). The Labute approximate surface area is 111 Å². The normalized spacial score (nSPS) is 10.6. The second kappa shape index (κ2) is 5.78. The summed E-state index contributed by atoms with van der Waals surface area (Å²) in [7, 11) is 0. The maximum Gasteiger partial charge on any atom is 0.252 e. The van der Waals surface area contributed by atoms with Crippen molar-refractivity contribution in [3.63, 3.8) is 0 Å². The lowest BCUT2D eigenvalue weighted by molar-refractivity contribution is 0.0951. The summed E-state index contributed by atoms with van der Waals surface area (Å²) in [6.07, 6.45) is 3.48. The molecule has 0 aliphatic rings. The SMILES string of the molecule is CC(C)c1cc(C(=O)NCc2cccnc2)cs1. The first-order chi connectivity index (χ1) is 8.66. The highest BCUT2D eigenvalue weighted by atomic mass is 32.1. The number of amides is 1. The molecule has 1 N–H and O–H groups in total. The van der Waals surface area contributed by atoms with Gasteiger partial charge in [-0.1, -0.05) is 19.9 Å². The molecule has 18 heavy (non-hydrogen) atoms.